The van der Waals surface area contributed by atoms with Crippen LogP contribution in [0.2, 0.25) is 0 Å². The minimum atomic E-state index is -0.431. The molecule has 0 spiro atoms. The zero-order chi connectivity index (χ0) is 13.1. The van der Waals surface area contributed by atoms with E-state index in [1.165, 1.54) is 13.1 Å². The van der Waals surface area contributed by atoms with Crippen LogP contribution in [-0.4, -0.2) is 46.9 Å². The predicted molar refractivity (Wildman–Crippen MR) is 65.4 cm³/mol. The fraction of sp³-hybridized carbons (Fsp3) is 0.455. The van der Waals surface area contributed by atoms with E-state index in [0.717, 1.165) is 0 Å². The van der Waals surface area contributed by atoms with Crippen molar-refractivity contribution in [3.05, 3.63) is 28.6 Å². The monoisotopic (exact) mass is 250 g/mol. The van der Waals surface area contributed by atoms with Gasteiger partial charge in [-0.15, -0.1) is 0 Å². The van der Waals surface area contributed by atoms with E-state index in [2.05, 4.69) is 4.98 Å². The van der Waals surface area contributed by atoms with Crippen LogP contribution in [0.4, 0.5) is 11.4 Å². The maximum Gasteiger partial charge on any atom is 0.310 e. The minimum Gasteiger partial charge on any atom is -0.362 e. The standard InChI is InChI=1S/C11H14N4O3/c1-9(16)13-4-6-14(7-5-13)10-2-3-12-8-11(10)15(17)18/h2-3,8H,4-7H2,1H3. The minimum absolute atomic E-state index is 0.00813. The molecule has 1 aromatic heterocycles. The van der Waals surface area contributed by atoms with Crippen molar-refractivity contribution >= 4 is 17.3 Å². The highest BCUT2D eigenvalue weighted by Gasteiger charge is 2.24. The molecular formula is C11H14N4O3. The van der Waals surface area contributed by atoms with E-state index in [4.69, 9.17) is 0 Å². The molecule has 0 aromatic carbocycles. The number of nitro groups is 1. The maximum atomic E-state index is 11.2. The molecule has 2 heterocycles. The van der Waals surface area contributed by atoms with Crippen LogP contribution < -0.4 is 4.90 Å². The number of carbonyl (C=O) groups excluding carboxylic acids is 1. The van der Waals surface area contributed by atoms with Crippen molar-refractivity contribution < 1.29 is 9.72 Å². The average Bonchev–Trinajstić information content (AvgIpc) is 2.39. The molecule has 0 saturated carbocycles. The van der Waals surface area contributed by atoms with Gasteiger partial charge < -0.3 is 9.80 Å². The zero-order valence-electron chi connectivity index (χ0n) is 10.1. The van der Waals surface area contributed by atoms with Crippen molar-refractivity contribution in [2.24, 2.45) is 0 Å². The smallest absolute Gasteiger partial charge is 0.310 e. The molecule has 7 heteroatoms. The number of anilines is 1. The first-order valence-corrected chi connectivity index (χ1v) is 5.68. The second-order valence-corrected chi connectivity index (χ2v) is 4.11. The molecule has 0 N–H and O–H groups in total. The molecule has 1 saturated heterocycles. The van der Waals surface area contributed by atoms with Crippen molar-refractivity contribution in [3.8, 4) is 0 Å². The van der Waals surface area contributed by atoms with Gasteiger partial charge in [0.05, 0.1) is 4.92 Å². The fourth-order valence-corrected chi connectivity index (χ4v) is 2.05. The lowest BCUT2D eigenvalue weighted by atomic mass is 10.2. The van der Waals surface area contributed by atoms with Gasteiger partial charge in [0.2, 0.25) is 5.91 Å². The van der Waals surface area contributed by atoms with Crippen molar-refractivity contribution in [1.82, 2.24) is 9.88 Å². The summed E-state index contributed by atoms with van der Waals surface area (Å²) in [6.07, 6.45) is 2.80. The summed E-state index contributed by atoms with van der Waals surface area (Å²) in [5, 5.41) is 10.9. The maximum absolute atomic E-state index is 11.2. The molecule has 0 atom stereocenters. The molecule has 7 nitrogen and oxygen atoms in total. The van der Waals surface area contributed by atoms with Crippen LogP contribution in [-0.2, 0) is 4.79 Å². The van der Waals surface area contributed by atoms with Crippen LogP contribution in [0.5, 0.6) is 0 Å². The largest absolute Gasteiger partial charge is 0.362 e. The zero-order valence-corrected chi connectivity index (χ0v) is 10.1. The van der Waals surface area contributed by atoms with Crippen LogP contribution in [0.25, 0.3) is 0 Å². The quantitative estimate of drug-likeness (QED) is 0.569. The highest BCUT2D eigenvalue weighted by molar-refractivity contribution is 5.73. The number of pyridine rings is 1. The summed E-state index contributed by atoms with van der Waals surface area (Å²) in [5.41, 5.74) is 0.576. The van der Waals surface area contributed by atoms with E-state index in [-0.39, 0.29) is 11.6 Å². The molecule has 0 bridgehead atoms. The molecule has 1 aliphatic heterocycles. The lowest BCUT2D eigenvalue weighted by Crippen LogP contribution is -2.48. The number of carbonyl (C=O) groups is 1. The molecular weight excluding hydrogens is 236 g/mol. The van der Waals surface area contributed by atoms with Gasteiger partial charge in [0.25, 0.3) is 0 Å². The van der Waals surface area contributed by atoms with Crippen molar-refractivity contribution in [2.75, 3.05) is 31.1 Å². The summed E-state index contributed by atoms with van der Waals surface area (Å²) in [6, 6.07) is 1.64. The van der Waals surface area contributed by atoms with E-state index >= 15 is 0 Å². The second kappa shape index (κ2) is 4.99. The van der Waals surface area contributed by atoms with Crippen molar-refractivity contribution in [2.45, 2.75) is 6.92 Å². The average molecular weight is 250 g/mol. The molecule has 1 aromatic rings. The molecule has 0 unspecified atom stereocenters. The number of piperazine rings is 1. The number of nitrogens with zero attached hydrogens (tertiary/aromatic N) is 4. The van der Waals surface area contributed by atoms with Gasteiger partial charge in [-0.05, 0) is 6.07 Å². The molecule has 96 valence electrons. The second-order valence-electron chi connectivity index (χ2n) is 4.11. The number of hydrogen-bond acceptors (Lipinski definition) is 5. The summed E-state index contributed by atoms with van der Waals surface area (Å²) in [4.78, 5) is 29.1. The number of hydrogen-bond donors (Lipinski definition) is 0. The summed E-state index contributed by atoms with van der Waals surface area (Å²) in [6.45, 7) is 3.92. The van der Waals surface area contributed by atoms with Gasteiger partial charge in [-0.2, -0.15) is 0 Å². The van der Waals surface area contributed by atoms with Crippen LogP contribution >= 0.6 is 0 Å². The molecule has 1 aliphatic rings. The summed E-state index contributed by atoms with van der Waals surface area (Å²) in [5.74, 6) is 0.0406. The number of amides is 1. The van der Waals surface area contributed by atoms with Crippen LogP contribution in [0, 0.1) is 10.1 Å². The molecule has 1 fully saturated rings. The molecule has 0 aliphatic carbocycles. The van der Waals surface area contributed by atoms with E-state index in [9.17, 15) is 14.9 Å². The number of aromatic nitrogens is 1. The Kier molecular flexibility index (Phi) is 3.40. The van der Waals surface area contributed by atoms with E-state index < -0.39 is 4.92 Å². The number of rotatable bonds is 2. The normalized spacial score (nSPS) is 15.6. The highest BCUT2D eigenvalue weighted by Crippen LogP contribution is 2.27. The topological polar surface area (TPSA) is 79.6 Å². The highest BCUT2D eigenvalue weighted by atomic mass is 16.6. The van der Waals surface area contributed by atoms with Crippen molar-refractivity contribution in [3.63, 3.8) is 0 Å². The van der Waals surface area contributed by atoms with E-state index in [1.807, 2.05) is 4.90 Å². The van der Waals surface area contributed by atoms with Gasteiger partial charge in [0.1, 0.15) is 11.9 Å². The summed E-state index contributed by atoms with van der Waals surface area (Å²) >= 11 is 0. The first-order chi connectivity index (χ1) is 8.59. The van der Waals surface area contributed by atoms with Crippen LogP contribution in [0.1, 0.15) is 6.92 Å². The Bertz CT molecular complexity index is 469. The summed E-state index contributed by atoms with van der Waals surface area (Å²) < 4.78 is 0. The Morgan fingerprint density at radius 2 is 2.06 bits per heavy atom. The predicted octanol–water partition coefficient (Wildman–Crippen LogP) is 0.658. The first kappa shape index (κ1) is 12.3. The molecule has 2 rings (SSSR count). The third kappa shape index (κ3) is 2.39. The lowest BCUT2D eigenvalue weighted by Gasteiger charge is -2.35. The lowest BCUT2D eigenvalue weighted by molar-refractivity contribution is -0.384. The molecule has 0 radical (unpaired) electrons. The van der Waals surface area contributed by atoms with Gasteiger partial charge in [-0.25, -0.2) is 0 Å². The molecule has 1 amide bonds. The Morgan fingerprint density at radius 3 is 2.61 bits per heavy atom. The van der Waals surface area contributed by atoms with Gasteiger partial charge in [-0.3, -0.25) is 19.9 Å². The Hall–Kier alpha value is -2.18. The third-order valence-corrected chi connectivity index (χ3v) is 3.04. The fourth-order valence-electron chi connectivity index (χ4n) is 2.05. The van der Waals surface area contributed by atoms with Crippen LogP contribution in [0.15, 0.2) is 18.5 Å². The first-order valence-electron chi connectivity index (χ1n) is 5.68. The van der Waals surface area contributed by atoms with Gasteiger partial charge >= 0.3 is 5.69 Å². The van der Waals surface area contributed by atoms with Gasteiger partial charge in [0, 0.05) is 39.3 Å². The molecule has 18 heavy (non-hydrogen) atoms. The van der Waals surface area contributed by atoms with Crippen molar-refractivity contribution in [1.29, 1.82) is 0 Å². The van der Waals surface area contributed by atoms with Gasteiger partial charge in [0.15, 0.2) is 0 Å². The van der Waals surface area contributed by atoms with Gasteiger partial charge in [-0.1, -0.05) is 0 Å². The Balaban J connectivity index is 2.15. The Labute approximate surface area is 104 Å². The van der Waals surface area contributed by atoms with E-state index in [1.54, 1.807) is 17.2 Å². The third-order valence-electron chi connectivity index (χ3n) is 3.04. The Morgan fingerprint density at radius 1 is 1.39 bits per heavy atom. The summed E-state index contributed by atoms with van der Waals surface area (Å²) in [7, 11) is 0. The van der Waals surface area contributed by atoms with E-state index in [0.29, 0.717) is 31.9 Å². The van der Waals surface area contributed by atoms with Crippen LogP contribution in [0.3, 0.4) is 0 Å². The SMILES string of the molecule is CC(=O)N1CCN(c2ccncc2[N+](=O)[O-])CC1.